The third-order valence-corrected chi connectivity index (χ3v) is 6.03. The molecule has 2 atom stereocenters. The first-order valence-corrected chi connectivity index (χ1v) is 10.8. The van der Waals surface area contributed by atoms with Crippen LogP contribution in [-0.2, 0) is 19.1 Å². The number of benzene rings is 2. The van der Waals surface area contributed by atoms with E-state index in [1.807, 2.05) is 48.5 Å². The van der Waals surface area contributed by atoms with E-state index < -0.39 is 30.1 Å². The van der Waals surface area contributed by atoms with Crippen LogP contribution in [0.5, 0.6) is 0 Å². The number of carboxylic acid groups (broad SMARTS) is 1. The van der Waals surface area contributed by atoms with E-state index in [-0.39, 0.29) is 38.7 Å². The number of nitrogens with one attached hydrogen (secondary N) is 1. The van der Waals surface area contributed by atoms with Crippen molar-refractivity contribution in [2.75, 3.05) is 26.4 Å². The molecule has 2 aromatic carbocycles. The molecule has 1 saturated heterocycles. The molecule has 0 aromatic heterocycles. The number of ether oxygens (including phenoxy) is 2. The SMILES string of the molecule is C=CCC(NC(=O)OCC1c2ccccc2-c2ccccc21)C(=O)N1CCOCC1C(=O)O. The number of carbonyl (C=O) groups is 3. The van der Waals surface area contributed by atoms with Crippen LogP contribution < -0.4 is 5.32 Å². The molecule has 2 aliphatic rings. The Morgan fingerprint density at radius 3 is 2.39 bits per heavy atom. The van der Waals surface area contributed by atoms with Gasteiger partial charge in [0.25, 0.3) is 0 Å². The van der Waals surface area contributed by atoms with Crippen molar-refractivity contribution >= 4 is 18.0 Å². The van der Waals surface area contributed by atoms with Crippen LogP contribution in [0, 0.1) is 0 Å². The summed E-state index contributed by atoms with van der Waals surface area (Å²) in [5, 5.41) is 12.0. The molecule has 4 rings (SSSR count). The fraction of sp³-hybridized carbons (Fsp3) is 0.320. The molecule has 8 heteroatoms. The van der Waals surface area contributed by atoms with Gasteiger partial charge >= 0.3 is 12.1 Å². The molecule has 1 fully saturated rings. The summed E-state index contributed by atoms with van der Waals surface area (Å²) in [5.41, 5.74) is 4.41. The number of carbonyl (C=O) groups excluding carboxylic acids is 2. The van der Waals surface area contributed by atoms with Crippen LogP contribution in [-0.4, -0.2) is 66.4 Å². The summed E-state index contributed by atoms with van der Waals surface area (Å²) >= 11 is 0. The predicted molar refractivity (Wildman–Crippen MR) is 121 cm³/mol. The Bertz CT molecular complexity index is 1020. The van der Waals surface area contributed by atoms with E-state index >= 15 is 0 Å². The lowest BCUT2D eigenvalue weighted by molar-refractivity contribution is -0.159. The first-order valence-electron chi connectivity index (χ1n) is 10.8. The molecule has 0 saturated carbocycles. The smallest absolute Gasteiger partial charge is 0.407 e. The number of rotatable bonds is 7. The summed E-state index contributed by atoms with van der Waals surface area (Å²) in [5.74, 6) is -1.76. The molecule has 1 heterocycles. The van der Waals surface area contributed by atoms with Crippen molar-refractivity contribution in [3.8, 4) is 11.1 Å². The van der Waals surface area contributed by atoms with Crippen molar-refractivity contribution in [3.05, 3.63) is 72.3 Å². The Kier molecular flexibility index (Phi) is 6.74. The number of nitrogens with zero attached hydrogens (tertiary/aromatic N) is 1. The molecule has 172 valence electrons. The van der Waals surface area contributed by atoms with Crippen molar-refractivity contribution in [1.29, 1.82) is 0 Å². The van der Waals surface area contributed by atoms with Crippen LogP contribution in [0.4, 0.5) is 4.79 Å². The highest BCUT2D eigenvalue weighted by Crippen LogP contribution is 2.44. The van der Waals surface area contributed by atoms with E-state index in [1.54, 1.807) is 0 Å². The highest BCUT2D eigenvalue weighted by Gasteiger charge is 2.36. The zero-order valence-electron chi connectivity index (χ0n) is 18.1. The van der Waals surface area contributed by atoms with Crippen LogP contribution in [0.3, 0.4) is 0 Å². The molecule has 33 heavy (non-hydrogen) atoms. The van der Waals surface area contributed by atoms with Crippen LogP contribution in [0.1, 0.15) is 23.5 Å². The standard InChI is InChI=1S/C25H26N2O6/c1-2-7-21(23(28)27-12-13-32-15-22(27)24(29)30)26-25(31)33-14-20-18-10-5-3-8-16(18)17-9-4-6-11-19(17)20/h2-6,8-11,20-22H,1,7,12-15H2,(H,26,31)(H,29,30). The molecule has 0 bridgehead atoms. The van der Waals surface area contributed by atoms with E-state index in [4.69, 9.17) is 9.47 Å². The predicted octanol–water partition coefficient (Wildman–Crippen LogP) is 2.78. The van der Waals surface area contributed by atoms with E-state index in [0.29, 0.717) is 0 Å². The van der Waals surface area contributed by atoms with E-state index in [1.165, 1.54) is 11.0 Å². The maximum atomic E-state index is 13.0. The Balaban J connectivity index is 1.43. The fourth-order valence-corrected chi connectivity index (χ4v) is 4.44. The van der Waals surface area contributed by atoms with Gasteiger partial charge in [-0.3, -0.25) is 4.79 Å². The van der Waals surface area contributed by atoms with Gasteiger partial charge in [-0.15, -0.1) is 6.58 Å². The molecule has 2 unspecified atom stereocenters. The van der Waals surface area contributed by atoms with Crippen LogP contribution in [0.2, 0.25) is 0 Å². The number of hydrogen-bond donors (Lipinski definition) is 2. The number of aliphatic carboxylic acids is 1. The topological polar surface area (TPSA) is 105 Å². The Hall–Kier alpha value is -3.65. The molecule has 1 aliphatic carbocycles. The number of amides is 2. The lowest BCUT2D eigenvalue weighted by Gasteiger charge is -2.35. The normalized spacial score (nSPS) is 18.1. The number of morpholine rings is 1. The first kappa shape index (κ1) is 22.5. The fourth-order valence-electron chi connectivity index (χ4n) is 4.44. The summed E-state index contributed by atoms with van der Waals surface area (Å²) in [4.78, 5) is 38.4. The highest BCUT2D eigenvalue weighted by atomic mass is 16.5. The van der Waals surface area contributed by atoms with Gasteiger partial charge in [-0.25, -0.2) is 9.59 Å². The summed E-state index contributed by atoms with van der Waals surface area (Å²) in [6.07, 6.45) is 0.909. The van der Waals surface area contributed by atoms with E-state index in [0.717, 1.165) is 22.3 Å². The van der Waals surface area contributed by atoms with Crippen molar-refractivity contribution in [2.45, 2.75) is 24.4 Å². The molecule has 8 nitrogen and oxygen atoms in total. The second-order valence-electron chi connectivity index (χ2n) is 8.01. The zero-order valence-corrected chi connectivity index (χ0v) is 18.1. The summed E-state index contributed by atoms with van der Waals surface area (Å²) in [7, 11) is 0. The van der Waals surface area contributed by atoms with Crippen molar-refractivity contribution < 1.29 is 29.0 Å². The maximum absolute atomic E-state index is 13.0. The van der Waals surface area contributed by atoms with Crippen molar-refractivity contribution in [1.82, 2.24) is 10.2 Å². The van der Waals surface area contributed by atoms with Gasteiger partial charge in [-0.1, -0.05) is 54.6 Å². The summed E-state index contributed by atoms with van der Waals surface area (Å²) < 4.78 is 10.7. The monoisotopic (exact) mass is 450 g/mol. The molecule has 0 radical (unpaired) electrons. The number of hydrogen-bond acceptors (Lipinski definition) is 5. The Morgan fingerprint density at radius 1 is 1.15 bits per heavy atom. The number of carboxylic acids is 1. The minimum Gasteiger partial charge on any atom is -0.480 e. The van der Waals surface area contributed by atoms with Gasteiger partial charge in [-0.2, -0.15) is 0 Å². The molecule has 0 spiro atoms. The molecule has 2 amide bonds. The average molecular weight is 450 g/mol. The van der Waals surface area contributed by atoms with Crippen LogP contribution in [0.25, 0.3) is 11.1 Å². The molecule has 2 aromatic rings. The summed E-state index contributed by atoms with van der Waals surface area (Å²) in [6.45, 7) is 4.04. The van der Waals surface area contributed by atoms with E-state index in [9.17, 15) is 19.5 Å². The zero-order chi connectivity index (χ0) is 23.4. The van der Waals surface area contributed by atoms with Gasteiger partial charge in [0.15, 0.2) is 6.04 Å². The first-order chi connectivity index (χ1) is 16.0. The Labute approximate surface area is 191 Å². The minimum absolute atomic E-state index is 0.0904. The lowest BCUT2D eigenvalue weighted by Crippen LogP contribution is -2.58. The molecule has 2 N–H and O–H groups in total. The van der Waals surface area contributed by atoms with Gasteiger partial charge in [-0.05, 0) is 28.7 Å². The van der Waals surface area contributed by atoms with Gasteiger partial charge < -0.3 is 24.8 Å². The van der Waals surface area contributed by atoms with Crippen LogP contribution in [0.15, 0.2) is 61.2 Å². The van der Waals surface area contributed by atoms with Crippen molar-refractivity contribution in [2.24, 2.45) is 0 Å². The molecular weight excluding hydrogens is 424 g/mol. The molecule has 1 aliphatic heterocycles. The maximum Gasteiger partial charge on any atom is 0.407 e. The largest absolute Gasteiger partial charge is 0.480 e. The van der Waals surface area contributed by atoms with Crippen LogP contribution >= 0.6 is 0 Å². The van der Waals surface area contributed by atoms with Gasteiger partial charge in [0.1, 0.15) is 12.6 Å². The van der Waals surface area contributed by atoms with Gasteiger partial charge in [0, 0.05) is 12.5 Å². The highest BCUT2D eigenvalue weighted by molar-refractivity contribution is 5.89. The summed E-state index contributed by atoms with van der Waals surface area (Å²) in [6, 6.07) is 13.9. The van der Waals surface area contributed by atoms with Gasteiger partial charge in [0.2, 0.25) is 5.91 Å². The number of fused-ring (bicyclic) bond motifs is 3. The quantitative estimate of drug-likeness (QED) is 0.629. The second kappa shape index (κ2) is 9.87. The third-order valence-electron chi connectivity index (χ3n) is 6.03. The van der Waals surface area contributed by atoms with Crippen molar-refractivity contribution in [3.63, 3.8) is 0 Å². The van der Waals surface area contributed by atoms with Gasteiger partial charge in [0.05, 0.1) is 13.2 Å². The lowest BCUT2D eigenvalue weighted by atomic mass is 9.98. The third kappa shape index (κ3) is 4.61. The average Bonchev–Trinajstić information content (AvgIpc) is 3.15. The minimum atomic E-state index is -1.15. The Morgan fingerprint density at radius 2 is 1.79 bits per heavy atom. The second-order valence-corrected chi connectivity index (χ2v) is 8.01. The number of alkyl carbamates (subject to hydrolysis) is 1. The van der Waals surface area contributed by atoms with E-state index in [2.05, 4.69) is 11.9 Å². The molecular formula is C25H26N2O6.